The zero-order valence-electron chi connectivity index (χ0n) is 9.28. The third-order valence-corrected chi connectivity index (χ3v) is 3.66. The molecule has 1 fully saturated rings. The highest BCUT2D eigenvalue weighted by Crippen LogP contribution is 2.65. The van der Waals surface area contributed by atoms with E-state index in [1.54, 1.807) is 0 Å². The number of hydrogen-bond donors (Lipinski definition) is 0. The van der Waals surface area contributed by atoms with E-state index in [1.165, 1.54) is 0 Å². The van der Waals surface area contributed by atoms with Crippen LogP contribution in [0.4, 0.5) is 13.2 Å². The molecule has 0 aliphatic heterocycles. The van der Waals surface area contributed by atoms with Crippen molar-refractivity contribution in [3.05, 3.63) is 0 Å². The van der Waals surface area contributed by atoms with Crippen LogP contribution >= 0.6 is 0 Å². The van der Waals surface area contributed by atoms with E-state index in [0.717, 1.165) is 6.42 Å². The van der Waals surface area contributed by atoms with E-state index < -0.39 is 18.0 Å². The van der Waals surface area contributed by atoms with Gasteiger partial charge in [0.25, 0.3) is 0 Å². The minimum Gasteiger partial charge on any atom is -0.171 e. The summed E-state index contributed by atoms with van der Waals surface area (Å²) in [6.07, 6.45) is -3.85. The summed E-state index contributed by atoms with van der Waals surface area (Å²) < 4.78 is 37.2. The van der Waals surface area contributed by atoms with Gasteiger partial charge in [-0.25, -0.2) is 0 Å². The lowest BCUT2D eigenvalue weighted by atomic mass is 9.83. The van der Waals surface area contributed by atoms with Crippen LogP contribution in [0, 0.1) is 23.2 Å². The minimum absolute atomic E-state index is 0.136. The van der Waals surface area contributed by atoms with Gasteiger partial charge >= 0.3 is 6.18 Å². The van der Waals surface area contributed by atoms with Crippen molar-refractivity contribution in [1.29, 1.82) is 0 Å². The average molecular weight is 208 g/mol. The molecule has 0 radical (unpaired) electrons. The van der Waals surface area contributed by atoms with Crippen LogP contribution in [0.1, 0.15) is 40.5 Å². The predicted molar refractivity (Wildman–Crippen MR) is 50.9 cm³/mol. The Hall–Kier alpha value is -0.210. The van der Waals surface area contributed by atoms with E-state index in [9.17, 15) is 13.2 Å². The van der Waals surface area contributed by atoms with Crippen LogP contribution < -0.4 is 0 Å². The van der Waals surface area contributed by atoms with Crippen LogP contribution in [-0.2, 0) is 0 Å². The van der Waals surface area contributed by atoms with Gasteiger partial charge in [-0.1, -0.05) is 27.7 Å². The molecule has 84 valence electrons. The molecule has 0 N–H and O–H groups in total. The van der Waals surface area contributed by atoms with Crippen LogP contribution in [-0.4, -0.2) is 6.18 Å². The predicted octanol–water partition coefficient (Wildman–Crippen LogP) is 4.26. The first-order chi connectivity index (χ1) is 6.19. The quantitative estimate of drug-likeness (QED) is 0.650. The van der Waals surface area contributed by atoms with Crippen LogP contribution in [0.25, 0.3) is 0 Å². The molecule has 1 aliphatic carbocycles. The number of halogens is 3. The van der Waals surface area contributed by atoms with Crippen molar-refractivity contribution in [2.24, 2.45) is 23.2 Å². The molecule has 1 saturated carbocycles. The Morgan fingerprint density at radius 2 is 1.71 bits per heavy atom. The largest absolute Gasteiger partial charge is 0.389 e. The Kier molecular flexibility index (Phi) is 2.90. The number of alkyl halides is 3. The summed E-state index contributed by atoms with van der Waals surface area (Å²) in [6, 6.07) is 0. The van der Waals surface area contributed by atoms with Crippen molar-refractivity contribution in [2.45, 2.75) is 46.7 Å². The van der Waals surface area contributed by atoms with E-state index in [1.807, 2.05) is 27.7 Å². The summed E-state index contributed by atoms with van der Waals surface area (Å²) in [5.41, 5.74) is -0.452. The Bertz CT molecular complexity index is 205. The van der Waals surface area contributed by atoms with Gasteiger partial charge in [0.05, 0.1) is 0 Å². The molecule has 2 unspecified atom stereocenters. The van der Waals surface area contributed by atoms with Gasteiger partial charge in [0.2, 0.25) is 0 Å². The number of rotatable bonds is 3. The van der Waals surface area contributed by atoms with E-state index >= 15 is 0 Å². The van der Waals surface area contributed by atoms with Crippen molar-refractivity contribution in [3.8, 4) is 0 Å². The summed E-state index contributed by atoms with van der Waals surface area (Å²) >= 11 is 0. The topological polar surface area (TPSA) is 0 Å². The van der Waals surface area contributed by atoms with Gasteiger partial charge in [-0.3, -0.25) is 0 Å². The maximum Gasteiger partial charge on any atom is 0.389 e. The van der Waals surface area contributed by atoms with Gasteiger partial charge in [-0.15, -0.1) is 0 Å². The average Bonchev–Trinajstić information content (AvgIpc) is 2.60. The molecule has 14 heavy (non-hydrogen) atoms. The fourth-order valence-corrected chi connectivity index (χ4v) is 2.69. The Morgan fingerprint density at radius 1 is 1.21 bits per heavy atom. The molecule has 0 aromatic carbocycles. The minimum atomic E-state index is -4.01. The van der Waals surface area contributed by atoms with Crippen molar-refractivity contribution in [1.82, 2.24) is 0 Å². The Labute approximate surface area is 83.9 Å². The Balaban J connectivity index is 2.69. The van der Waals surface area contributed by atoms with Crippen molar-refractivity contribution in [3.63, 3.8) is 0 Å². The molecular weight excluding hydrogens is 189 g/mol. The van der Waals surface area contributed by atoms with E-state index in [-0.39, 0.29) is 11.8 Å². The molecular formula is C11H19F3. The van der Waals surface area contributed by atoms with Gasteiger partial charge < -0.3 is 0 Å². The highest BCUT2D eigenvalue weighted by molar-refractivity contribution is 5.06. The molecule has 0 nitrogen and oxygen atoms in total. The van der Waals surface area contributed by atoms with Crippen LogP contribution in [0.5, 0.6) is 0 Å². The molecule has 0 bridgehead atoms. The van der Waals surface area contributed by atoms with Gasteiger partial charge in [0.15, 0.2) is 0 Å². The van der Waals surface area contributed by atoms with Crippen LogP contribution in [0.15, 0.2) is 0 Å². The first-order valence-corrected chi connectivity index (χ1v) is 5.26. The summed E-state index contributed by atoms with van der Waals surface area (Å²) in [4.78, 5) is 0. The lowest BCUT2D eigenvalue weighted by molar-refractivity contribution is -0.153. The first-order valence-electron chi connectivity index (χ1n) is 5.26. The molecule has 3 heteroatoms. The zero-order valence-corrected chi connectivity index (χ0v) is 9.28. The second-order valence-electron chi connectivity index (χ2n) is 5.23. The second-order valence-corrected chi connectivity index (χ2v) is 5.23. The standard InChI is InChI=1S/C11H19F3/c1-7(2)9-5-10(9,8(3)4)6-11(12,13)14/h7-9H,5-6H2,1-4H3. The van der Waals surface area contributed by atoms with Crippen LogP contribution in [0.2, 0.25) is 0 Å². The van der Waals surface area contributed by atoms with Crippen molar-refractivity contribution < 1.29 is 13.2 Å². The zero-order chi connectivity index (χ0) is 11.1. The summed E-state index contributed by atoms with van der Waals surface area (Å²) in [6.45, 7) is 7.86. The lowest BCUT2D eigenvalue weighted by Gasteiger charge is -2.24. The molecule has 0 amide bonds. The van der Waals surface area contributed by atoms with Crippen molar-refractivity contribution in [2.75, 3.05) is 0 Å². The highest BCUT2D eigenvalue weighted by Gasteiger charge is 2.60. The third-order valence-electron chi connectivity index (χ3n) is 3.66. The van der Waals surface area contributed by atoms with Gasteiger partial charge in [-0.05, 0) is 29.6 Å². The second kappa shape index (κ2) is 3.42. The molecule has 0 spiro atoms. The van der Waals surface area contributed by atoms with Gasteiger partial charge in [-0.2, -0.15) is 13.2 Å². The summed E-state index contributed by atoms with van der Waals surface area (Å²) in [7, 11) is 0. The first kappa shape index (κ1) is 11.9. The third kappa shape index (κ3) is 2.23. The fourth-order valence-electron chi connectivity index (χ4n) is 2.69. The maximum absolute atomic E-state index is 12.4. The van der Waals surface area contributed by atoms with E-state index in [2.05, 4.69) is 0 Å². The fraction of sp³-hybridized carbons (Fsp3) is 1.00. The number of hydrogen-bond acceptors (Lipinski definition) is 0. The van der Waals surface area contributed by atoms with E-state index in [0.29, 0.717) is 5.92 Å². The summed E-state index contributed by atoms with van der Waals surface area (Å²) in [5.74, 6) is 0.778. The molecule has 0 saturated heterocycles. The SMILES string of the molecule is CC(C)C1CC1(CC(F)(F)F)C(C)C. The van der Waals surface area contributed by atoms with E-state index in [4.69, 9.17) is 0 Å². The highest BCUT2D eigenvalue weighted by atomic mass is 19.4. The lowest BCUT2D eigenvalue weighted by Crippen LogP contribution is -2.23. The Morgan fingerprint density at radius 3 is 1.93 bits per heavy atom. The summed E-state index contributed by atoms with van der Waals surface area (Å²) in [5, 5.41) is 0. The molecule has 2 atom stereocenters. The molecule has 1 aliphatic rings. The smallest absolute Gasteiger partial charge is 0.171 e. The normalized spacial score (nSPS) is 32.8. The molecule has 0 aromatic rings. The maximum atomic E-state index is 12.4. The molecule has 1 rings (SSSR count). The van der Waals surface area contributed by atoms with Crippen LogP contribution in [0.3, 0.4) is 0 Å². The van der Waals surface area contributed by atoms with Gasteiger partial charge in [0.1, 0.15) is 0 Å². The molecule has 0 aromatic heterocycles. The van der Waals surface area contributed by atoms with Crippen molar-refractivity contribution >= 4 is 0 Å². The molecule has 0 heterocycles. The monoisotopic (exact) mass is 208 g/mol. The van der Waals surface area contributed by atoms with Gasteiger partial charge in [0, 0.05) is 6.42 Å².